The number of carbonyl (C=O) groups is 1. The van der Waals surface area contributed by atoms with Gasteiger partial charge in [0.25, 0.3) is 5.56 Å². The van der Waals surface area contributed by atoms with Crippen molar-refractivity contribution in [2.45, 2.75) is 6.61 Å². The molecule has 0 saturated carbocycles. The Hall–Kier alpha value is -3.10. The Balaban J connectivity index is 2.01. The van der Waals surface area contributed by atoms with Crippen LogP contribution in [0.4, 0.5) is 0 Å². The average molecular weight is 370 g/mol. The first-order valence-electron chi connectivity index (χ1n) is 7.63. The SMILES string of the molecule is COCc1nc2c(cnc3[nH]cc(C(=O)c4ncccc4Cl)c32)[nH]c1=O. The van der Waals surface area contributed by atoms with Gasteiger partial charge in [-0.3, -0.25) is 14.6 Å². The number of H-pyrrole nitrogens is 2. The first-order chi connectivity index (χ1) is 12.6. The lowest BCUT2D eigenvalue weighted by Crippen LogP contribution is -2.16. The summed E-state index contributed by atoms with van der Waals surface area (Å²) in [6.45, 7) is 0.0505. The van der Waals surface area contributed by atoms with Gasteiger partial charge >= 0.3 is 0 Å². The van der Waals surface area contributed by atoms with Gasteiger partial charge in [0.15, 0.2) is 0 Å². The van der Waals surface area contributed by atoms with E-state index in [0.29, 0.717) is 27.6 Å². The fraction of sp³-hybridized carbons (Fsp3) is 0.118. The van der Waals surface area contributed by atoms with Gasteiger partial charge in [0, 0.05) is 19.5 Å². The van der Waals surface area contributed by atoms with Crippen molar-refractivity contribution in [2.75, 3.05) is 7.11 Å². The summed E-state index contributed by atoms with van der Waals surface area (Å²) in [5.74, 6) is -0.363. The maximum atomic E-state index is 12.9. The van der Waals surface area contributed by atoms with E-state index in [-0.39, 0.29) is 34.4 Å². The second kappa shape index (κ2) is 6.32. The first kappa shape index (κ1) is 16.4. The van der Waals surface area contributed by atoms with Crippen LogP contribution in [-0.4, -0.2) is 37.8 Å². The average Bonchev–Trinajstić information content (AvgIpc) is 3.07. The molecular weight excluding hydrogens is 358 g/mol. The molecule has 0 aliphatic heterocycles. The van der Waals surface area contributed by atoms with Gasteiger partial charge in [0.1, 0.15) is 22.6 Å². The quantitative estimate of drug-likeness (QED) is 0.533. The lowest BCUT2D eigenvalue weighted by molar-refractivity contribution is 0.103. The molecule has 0 amide bonds. The molecule has 0 fully saturated rings. The topological polar surface area (TPSA) is 114 Å². The molecule has 0 aromatic carbocycles. The van der Waals surface area contributed by atoms with Gasteiger partial charge in [-0.2, -0.15) is 0 Å². The molecule has 130 valence electrons. The Labute approximate surface area is 151 Å². The number of carbonyl (C=O) groups excluding carboxylic acids is 1. The molecule has 4 aromatic rings. The number of nitrogens with zero attached hydrogens (tertiary/aromatic N) is 3. The molecular formula is C17H12ClN5O3. The smallest absolute Gasteiger partial charge is 0.272 e. The highest BCUT2D eigenvalue weighted by Crippen LogP contribution is 2.27. The molecule has 4 rings (SSSR count). The van der Waals surface area contributed by atoms with Gasteiger partial charge < -0.3 is 14.7 Å². The van der Waals surface area contributed by atoms with Crippen molar-refractivity contribution in [3.8, 4) is 0 Å². The zero-order valence-corrected chi connectivity index (χ0v) is 14.3. The molecule has 9 heteroatoms. The van der Waals surface area contributed by atoms with Crippen molar-refractivity contribution >= 4 is 39.5 Å². The van der Waals surface area contributed by atoms with E-state index in [1.165, 1.54) is 25.7 Å². The summed E-state index contributed by atoms with van der Waals surface area (Å²) in [6, 6.07) is 3.24. The molecule has 8 nitrogen and oxygen atoms in total. The molecule has 0 spiro atoms. The number of halogens is 1. The van der Waals surface area contributed by atoms with Crippen molar-refractivity contribution in [1.29, 1.82) is 0 Å². The number of aromatic nitrogens is 5. The Kier molecular flexibility index (Phi) is 3.98. The van der Waals surface area contributed by atoms with Gasteiger partial charge in [-0.1, -0.05) is 11.6 Å². The molecule has 0 saturated heterocycles. The van der Waals surface area contributed by atoms with E-state index in [9.17, 15) is 9.59 Å². The number of pyridine rings is 2. The minimum atomic E-state index is -0.364. The second-order valence-electron chi connectivity index (χ2n) is 5.56. The number of ketones is 1. The molecule has 26 heavy (non-hydrogen) atoms. The van der Waals surface area contributed by atoms with E-state index in [1.807, 2.05) is 0 Å². The number of nitrogens with one attached hydrogen (secondary N) is 2. The van der Waals surface area contributed by atoms with Gasteiger partial charge in [-0.25, -0.2) is 9.97 Å². The third-order valence-electron chi connectivity index (χ3n) is 3.93. The first-order valence-corrected chi connectivity index (χ1v) is 8.01. The van der Waals surface area contributed by atoms with Crippen molar-refractivity contribution in [3.05, 3.63) is 63.1 Å². The fourth-order valence-corrected chi connectivity index (χ4v) is 2.97. The number of ether oxygens (including phenoxy) is 1. The number of hydrogen-bond acceptors (Lipinski definition) is 6. The molecule has 4 heterocycles. The van der Waals surface area contributed by atoms with E-state index in [1.54, 1.807) is 12.1 Å². The lowest BCUT2D eigenvalue weighted by Gasteiger charge is -2.05. The highest BCUT2D eigenvalue weighted by atomic mass is 35.5. The number of aromatic amines is 2. The van der Waals surface area contributed by atoms with Gasteiger partial charge in [-0.05, 0) is 12.1 Å². The van der Waals surface area contributed by atoms with Crippen LogP contribution >= 0.6 is 11.6 Å². The van der Waals surface area contributed by atoms with Crippen LogP contribution in [0, 0.1) is 0 Å². The third kappa shape index (κ3) is 2.56. The van der Waals surface area contributed by atoms with Crippen LogP contribution < -0.4 is 5.56 Å². The maximum Gasteiger partial charge on any atom is 0.272 e. The fourth-order valence-electron chi connectivity index (χ4n) is 2.76. The van der Waals surface area contributed by atoms with Crippen LogP contribution in [0.3, 0.4) is 0 Å². The standard InChI is InChI=1S/C17H12ClN5O3/c1-26-7-11-17(25)23-10-6-21-16-12(14(10)22-11)8(5-20-16)15(24)13-9(18)3-2-4-19-13/h2-6H,7H2,1H3,(H,20,21)(H,23,25). The van der Waals surface area contributed by atoms with Crippen LogP contribution in [0.2, 0.25) is 5.02 Å². The summed E-state index contributed by atoms with van der Waals surface area (Å²) in [7, 11) is 1.47. The Morgan fingerprint density at radius 2 is 2.19 bits per heavy atom. The van der Waals surface area contributed by atoms with Crippen LogP contribution in [0.1, 0.15) is 21.7 Å². The van der Waals surface area contributed by atoms with E-state index in [4.69, 9.17) is 16.3 Å². The summed E-state index contributed by atoms with van der Waals surface area (Å²) < 4.78 is 5.01. The minimum absolute atomic E-state index is 0.0505. The molecule has 2 N–H and O–H groups in total. The Morgan fingerprint density at radius 3 is 2.96 bits per heavy atom. The van der Waals surface area contributed by atoms with E-state index in [0.717, 1.165) is 0 Å². The van der Waals surface area contributed by atoms with Crippen molar-refractivity contribution in [3.63, 3.8) is 0 Å². The number of rotatable bonds is 4. The normalized spacial score (nSPS) is 11.3. The molecule has 0 aliphatic carbocycles. The Morgan fingerprint density at radius 1 is 1.35 bits per heavy atom. The monoisotopic (exact) mass is 369 g/mol. The summed E-state index contributed by atoms with van der Waals surface area (Å²) in [5, 5.41) is 0.740. The highest BCUT2D eigenvalue weighted by molar-refractivity contribution is 6.35. The minimum Gasteiger partial charge on any atom is -0.378 e. The molecule has 0 atom stereocenters. The zero-order chi connectivity index (χ0) is 18.3. The molecule has 0 unspecified atom stereocenters. The number of methoxy groups -OCH3 is 1. The van der Waals surface area contributed by atoms with Crippen LogP contribution in [0.25, 0.3) is 22.1 Å². The maximum absolute atomic E-state index is 12.9. The van der Waals surface area contributed by atoms with Crippen LogP contribution in [-0.2, 0) is 11.3 Å². The summed E-state index contributed by atoms with van der Waals surface area (Å²) in [4.78, 5) is 43.4. The van der Waals surface area contributed by atoms with Gasteiger partial charge in [-0.15, -0.1) is 0 Å². The van der Waals surface area contributed by atoms with E-state index >= 15 is 0 Å². The number of fused-ring (bicyclic) bond motifs is 3. The highest BCUT2D eigenvalue weighted by Gasteiger charge is 2.21. The number of hydrogen-bond donors (Lipinski definition) is 2. The molecule has 4 aromatic heterocycles. The van der Waals surface area contributed by atoms with Crippen molar-refractivity contribution in [2.24, 2.45) is 0 Å². The predicted molar refractivity (Wildman–Crippen MR) is 95.4 cm³/mol. The Bertz CT molecular complexity index is 1210. The van der Waals surface area contributed by atoms with Crippen LogP contribution in [0.5, 0.6) is 0 Å². The summed E-state index contributed by atoms with van der Waals surface area (Å²) >= 11 is 6.10. The van der Waals surface area contributed by atoms with Crippen molar-refractivity contribution < 1.29 is 9.53 Å². The largest absolute Gasteiger partial charge is 0.378 e. The zero-order valence-electron chi connectivity index (χ0n) is 13.5. The summed E-state index contributed by atoms with van der Waals surface area (Å²) in [5.41, 5.74) is 1.63. The molecule has 0 radical (unpaired) electrons. The van der Waals surface area contributed by atoms with Crippen LogP contribution in [0.15, 0.2) is 35.5 Å². The third-order valence-corrected chi connectivity index (χ3v) is 4.24. The lowest BCUT2D eigenvalue weighted by atomic mass is 10.1. The molecule has 0 aliphatic rings. The molecule has 0 bridgehead atoms. The van der Waals surface area contributed by atoms with E-state index < -0.39 is 0 Å². The van der Waals surface area contributed by atoms with Crippen molar-refractivity contribution in [1.82, 2.24) is 24.9 Å². The predicted octanol–water partition coefficient (Wildman–Crippen LogP) is 2.23. The second-order valence-corrected chi connectivity index (χ2v) is 5.96. The van der Waals surface area contributed by atoms with E-state index in [2.05, 4.69) is 24.9 Å². The van der Waals surface area contributed by atoms with Gasteiger partial charge in [0.2, 0.25) is 5.78 Å². The summed E-state index contributed by atoms with van der Waals surface area (Å²) in [6.07, 6.45) is 4.52. The van der Waals surface area contributed by atoms with Gasteiger partial charge in [0.05, 0.1) is 34.3 Å².